The second kappa shape index (κ2) is 5.48. The Labute approximate surface area is 102 Å². The zero-order valence-electron chi connectivity index (χ0n) is 10.2. The molecule has 2 saturated heterocycles. The summed E-state index contributed by atoms with van der Waals surface area (Å²) in [4.78, 5) is 14.0. The average Bonchev–Trinajstić information content (AvgIpc) is 2.96. The first-order valence-corrected chi connectivity index (χ1v) is 6.21. The van der Waals surface area contributed by atoms with Crippen molar-refractivity contribution in [3.8, 4) is 6.07 Å². The maximum Gasteiger partial charge on any atom is 0.240 e. The zero-order valence-corrected chi connectivity index (χ0v) is 10.2. The van der Waals surface area contributed by atoms with Gasteiger partial charge >= 0.3 is 0 Å². The van der Waals surface area contributed by atoms with Gasteiger partial charge in [-0.25, -0.2) is 0 Å². The molecule has 3 atom stereocenters. The number of carbonyl (C=O) groups excluding carboxylic acids is 1. The quantitative estimate of drug-likeness (QED) is 0.765. The van der Waals surface area contributed by atoms with E-state index in [1.165, 1.54) is 0 Å². The largest absolute Gasteiger partial charge is 0.383 e. The van der Waals surface area contributed by atoms with E-state index in [4.69, 9.17) is 10.00 Å². The maximum atomic E-state index is 12.2. The van der Waals surface area contributed by atoms with Crippen LogP contribution in [0.5, 0.6) is 0 Å². The first-order chi connectivity index (χ1) is 8.26. The molecule has 2 aliphatic rings. The molecule has 5 heteroatoms. The van der Waals surface area contributed by atoms with Crippen LogP contribution in [0.1, 0.15) is 25.7 Å². The van der Waals surface area contributed by atoms with Gasteiger partial charge in [0.15, 0.2) is 0 Å². The number of nitriles is 1. The van der Waals surface area contributed by atoms with Gasteiger partial charge in [-0.15, -0.1) is 0 Å². The fourth-order valence-corrected chi connectivity index (χ4v) is 2.71. The number of nitrogens with one attached hydrogen (secondary N) is 1. The van der Waals surface area contributed by atoms with E-state index >= 15 is 0 Å². The van der Waals surface area contributed by atoms with Crippen molar-refractivity contribution in [3.05, 3.63) is 0 Å². The summed E-state index contributed by atoms with van der Waals surface area (Å²) in [6.45, 7) is 1.37. The number of amides is 1. The summed E-state index contributed by atoms with van der Waals surface area (Å²) in [7, 11) is 1.67. The van der Waals surface area contributed by atoms with E-state index in [1.807, 2.05) is 0 Å². The Morgan fingerprint density at radius 1 is 1.53 bits per heavy atom. The van der Waals surface area contributed by atoms with Crippen molar-refractivity contribution in [1.82, 2.24) is 10.2 Å². The van der Waals surface area contributed by atoms with Crippen LogP contribution in [0, 0.1) is 11.3 Å². The molecular weight excluding hydrogens is 218 g/mol. The van der Waals surface area contributed by atoms with Gasteiger partial charge in [0.2, 0.25) is 5.91 Å². The summed E-state index contributed by atoms with van der Waals surface area (Å²) in [5.41, 5.74) is 0. The maximum absolute atomic E-state index is 12.2. The normalized spacial score (nSPS) is 32.7. The molecule has 1 N–H and O–H groups in total. The van der Waals surface area contributed by atoms with Gasteiger partial charge in [-0.3, -0.25) is 4.79 Å². The number of carbonyl (C=O) groups is 1. The average molecular weight is 237 g/mol. The van der Waals surface area contributed by atoms with Crippen LogP contribution in [-0.2, 0) is 9.53 Å². The van der Waals surface area contributed by atoms with Crippen LogP contribution in [-0.4, -0.2) is 49.2 Å². The van der Waals surface area contributed by atoms with E-state index in [-0.39, 0.29) is 24.0 Å². The summed E-state index contributed by atoms with van der Waals surface area (Å²) >= 11 is 0. The Morgan fingerprint density at radius 2 is 2.35 bits per heavy atom. The number of likely N-dealkylation sites (tertiary alicyclic amines) is 1. The molecule has 3 unspecified atom stereocenters. The second-order valence-corrected chi connectivity index (χ2v) is 4.77. The molecule has 2 rings (SSSR count). The molecule has 1 amide bonds. The SMILES string of the molecule is COCC1CCC(C(=O)N2CCCC2C#N)N1. The molecule has 2 fully saturated rings. The van der Waals surface area contributed by atoms with Crippen LogP contribution in [0.15, 0.2) is 0 Å². The van der Waals surface area contributed by atoms with Crippen molar-refractivity contribution in [1.29, 1.82) is 5.26 Å². The number of ether oxygens (including phenoxy) is 1. The smallest absolute Gasteiger partial charge is 0.240 e. The number of nitrogens with zero attached hydrogens (tertiary/aromatic N) is 2. The first-order valence-electron chi connectivity index (χ1n) is 6.21. The summed E-state index contributed by atoms with van der Waals surface area (Å²) in [5, 5.41) is 12.3. The van der Waals surface area contributed by atoms with Gasteiger partial charge in [-0.1, -0.05) is 0 Å². The van der Waals surface area contributed by atoms with Crippen LogP contribution in [0.4, 0.5) is 0 Å². The molecule has 0 saturated carbocycles. The third kappa shape index (κ3) is 2.59. The van der Waals surface area contributed by atoms with E-state index in [9.17, 15) is 4.79 Å². The van der Waals surface area contributed by atoms with Gasteiger partial charge in [0, 0.05) is 19.7 Å². The van der Waals surface area contributed by atoms with Crippen LogP contribution in [0.25, 0.3) is 0 Å². The molecule has 0 aromatic carbocycles. The number of hydrogen-bond donors (Lipinski definition) is 1. The Hall–Kier alpha value is -1.12. The van der Waals surface area contributed by atoms with E-state index in [0.29, 0.717) is 6.61 Å². The molecule has 2 aliphatic heterocycles. The minimum atomic E-state index is -0.217. The lowest BCUT2D eigenvalue weighted by Gasteiger charge is -2.23. The number of methoxy groups -OCH3 is 1. The summed E-state index contributed by atoms with van der Waals surface area (Å²) in [5.74, 6) is 0.0904. The fourth-order valence-electron chi connectivity index (χ4n) is 2.71. The third-order valence-electron chi connectivity index (χ3n) is 3.59. The Balaban J connectivity index is 1.91. The van der Waals surface area contributed by atoms with Crippen molar-refractivity contribution in [2.24, 2.45) is 0 Å². The monoisotopic (exact) mass is 237 g/mol. The highest BCUT2D eigenvalue weighted by Gasteiger charge is 2.36. The molecular formula is C12H19N3O2. The summed E-state index contributed by atoms with van der Waals surface area (Å²) < 4.78 is 5.08. The van der Waals surface area contributed by atoms with Crippen LogP contribution >= 0.6 is 0 Å². The minimum Gasteiger partial charge on any atom is -0.383 e. The highest BCUT2D eigenvalue weighted by Crippen LogP contribution is 2.21. The summed E-state index contributed by atoms with van der Waals surface area (Å²) in [6, 6.07) is 2.14. The molecule has 0 bridgehead atoms. The van der Waals surface area contributed by atoms with E-state index in [0.717, 1.165) is 32.2 Å². The van der Waals surface area contributed by atoms with Crippen LogP contribution in [0.2, 0.25) is 0 Å². The molecule has 0 aliphatic carbocycles. The van der Waals surface area contributed by atoms with Gasteiger partial charge < -0.3 is 15.0 Å². The van der Waals surface area contributed by atoms with Gasteiger partial charge in [-0.2, -0.15) is 5.26 Å². The van der Waals surface area contributed by atoms with Crippen molar-refractivity contribution in [2.45, 2.75) is 43.8 Å². The van der Waals surface area contributed by atoms with Gasteiger partial charge in [-0.05, 0) is 25.7 Å². The van der Waals surface area contributed by atoms with Crippen LogP contribution in [0.3, 0.4) is 0 Å². The molecule has 17 heavy (non-hydrogen) atoms. The molecule has 5 nitrogen and oxygen atoms in total. The van der Waals surface area contributed by atoms with E-state index in [1.54, 1.807) is 12.0 Å². The fraction of sp³-hybridized carbons (Fsp3) is 0.833. The lowest BCUT2D eigenvalue weighted by atomic mass is 10.1. The van der Waals surface area contributed by atoms with Gasteiger partial charge in [0.1, 0.15) is 6.04 Å². The Bertz CT molecular complexity index is 326. The number of hydrogen-bond acceptors (Lipinski definition) is 4. The highest BCUT2D eigenvalue weighted by molar-refractivity contribution is 5.83. The van der Waals surface area contributed by atoms with Crippen molar-refractivity contribution < 1.29 is 9.53 Å². The van der Waals surface area contributed by atoms with E-state index in [2.05, 4.69) is 11.4 Å². The van der Waals surface area contributed by atoms with Crippen LogP contribution < -0.4 is 5.32 Å². The molecule has 94 valence electrons. The zero-order chi connectivity index (χ0) is 12.3. The topological polar surface area (TPSA) is 65.4 Å². The molecule has 0 aromatic heterocycles. The first kappa shape index (κ1) is 12.3. The lowest BCUT2D eigenvalue weighted by molar-refractivity contribution is -0.133. The van der Waals surface area contributed by atoms with Gasteiger partial charge in [0.05, 0.1) is 18.7 Å². The van der Waals surface area contributed by atoms with Crippen molar-refractivity contribution in [2.75, 3.05) is 20.3 Å². The lowest BCUT2D eigenvalue weighted by Crippen LogP contribution is -2.47. The molecule has 0 spiro atoms. The Kier molecular flexibility index (Phi) is 3.97. The van der Waals surface area contributed by atoms with Crippen molar-refractivity contribution >= 4 is 5.91 Å². The highest BCUT2D eigenvalue weighted by atomic mass is 16.5. The standard InChI is InChI=1S/C12H19N3O2/c1-17-8-9-4-5-11(14-9)12(16)15-6-2-3-10(15)7-13/h9-11,14H,2-6,8H2,1H3. The predicted octanol–water partition coefficient (Wildman–Crippen LogP) is 0.268. The van der Waals surface area contributed by atoms with Gasteiger partial charge in [0.25, 0.3) is 0 Å². The van der Waals surface area contributed by atoms with Crippen molar-refractivity contribution in [3.63, 3.8) is 0 Å². The third-order valence-corrected chi connectivity index (χ3v) is 3.59. The minimum absolute atomic E-state index is 0.0904. The second-order valence-electron chi connectivity index (χ2n) is 4.77. The predicted molar refractivity (Wildman–Crippen MR) is 62.2 cm³/mol. The molecule has 0 aromatic rings. The molecule has 2 heterocycles. The number of rotatable bonds is 3. The molecule has 0 radical (unpaired) electrons. The van der Waals surface area contributed by atoms with E-state index < -0.39 is 0 Å². The summed E-state index contributed by atoms with van der Waals surface area (Å²) in [6.07, 6.45) is 3.57. The Morgan fingerprint density at radius 3 is 3.06 bits per heavy atom.